The number of rotatable bonds is 2. The summed E-state index contributed by atoms with van der Waals surface area (Å²) in [6.45, 7) is 0. The van der Waals surface area contributed by atoms with E-state index in [9.17, 15) is 0 Å². The lowest BCUT2D eigenvalue weighted by Gasteiger charge is -2.04. The number of aromatic amines is 1. The first-order chi connectivity index (χ1) is 8.24. The quantitative estimate of drug-likeness (QED) is 0.748. The van der Waals surface area contributed by atoms with Crippen LogP contribution in [0.4, 0.5) is 5.13 Å². The molecule has 0 spiro atoms. The van der Waals surface area contributed by atoms with Gasteiger partial charge in [0, 0.05) is 31.2 Å². The van der Waals surface area contributed by atoms with Crippen LogP contribution in [0.5, 0.6) is 0 Å². The molecule has 3 nitrogen and oxygen atoms in total. The second kappa shape index (κ2) is 3.89. The van der Waals surface area contributed by atoms with E-state index in [4.69, 9.17) is 0 Å². The number of hydrogen-bond donors (Lipinski definition) is 1. The maximum absolute atomic E-state index is 4.39. The average molecular weight is 243 g/mol. The summed E-state index contributed by atoms with van der Waals surface area (Å²) in [4.78, 5) is 11.0. The zero-order valence-corrected chi connectivity index (χ0v) is 10.6. The zero-order valence-electron chi connectivity index (χ0n) is 9.77. The highest BCUT2D eigenvalue weighted by molar-refractivity contribution is 7.18. The molecule has 3 aromatic rings. The van der Waals surface area contributed by atoms with Gasteiger partial charge in [0.2, 0.25) is 0 Å². The highest BCUT2D eigenvalue weighted by Gasteiger charge is 2.08. The van der Waals surface area contributed by atoms with Gasteiger partial charge in [0.05, 0.1) is 10.6 Å². The van der Waals surface area contributed by atoms with Crippen molar-refractivity contribution in [2.24, 2.45) is 0 Å². The number of hydrogen-bond acceptors (Lipinski definition) is 3. The molecule has 86 valence electrons. The first kappa shape index (κ1) is 10.4. The number of anilines is 1. The Bertz CT molecular complexity index is 618. The van der Waals surface area contributed by atoms with Crippen molar-refractivity contribution in [3.05, 3.63) is 36.5 Å². The van der Waals surface area contributed by atoms with Crippen molar-refractivity contribution in [1.29, 1.82) is 0 Å². The molecule has 0 aliphatic heterocycles. The Morgan fingerprint density at radius 3 is 2.76 bits per heavy atom. The summed E-state index contributed by atoms with van der Waals surface area (Å²) in [5.41, 5.74) is 2.30. The number of para-hydroxylation sites is 1. The lowest BCUT2D eigenvalue weighted by Crippen LogP contribution is -2.07. The molecular weight excluding hydrogens is 230 g/mol. The van der Waals surface area contributed by atoms with Crippen molar-refractivity contribution < 1.29 is 0 Å². The van der Waals surface area contributed by atoms with Crippen molar-refractivity contribution in [3.8, 4) is 10.6 Å². The molecule has 1 aromatic carbocycles. The predicted octanol–water partition coefficient (Wildman–Crippen LogP) is 3.36. The Kier molecular flexibility index (Phi) is 2.37. The van der Waals surface area contributed by atoms with Gasteiger partial charge in [0.25, 0.3) is 0 Å². The molecule has 0 aliphatic carbocycles. The van der Waals surface area contributed by atoms with E-state index < -0.39 is 0 Å². The molecule has 0 fully saturated rings. The van der Waals surface area contributed by atoms with E-state index in [2.05, 4.69) is 34.2 Å². The second-order valence-electron chi connectivity index (χ2n) is 4.17. The Morgan fingerprint density at radius 1 is 1.24 bits per heavy atom. The molecule has 2 heterocycles. The van der Waals surface area contributed by atoms with Crippen molar-refractivity contribution in [2.45, 2.75) is 0 Å². The van der Waals surface area contributed by atoms with E-state index >= 15 is 0 Å². The Hall–Kier alpha value is -1.81. The number of fused-ring (bicyclic) bond motifs is 1. The largest absolute Gasteiger partial charge is 0.354 e. The van der Waals surface area contributed by atoms with E-state index in [-0.39, 0.29) is 0 Å². The maximum Gasteiger partial charge on any atom is 0.185 e. The van der Waals surface area contributed by atoms with Crippen molar-refractivity contribution in [1.82, 2.24) is 9.97 Å². The van der Waals surface area contributed by atoms with Crippen LogP contribution in [-0.4, -0.2) is 24.1 Å². The second-order valence-corrected chi connectivity index (χ2v) is 5.18. The highest BCUT2D eigenvalue weighted by atomic mass is 32.1. The lowest BCUT2D eigenvalue weighted by atomic mass is 10.2. The van der Waals surface area contributed by atoms with Gasteiger partial charge in [-0.1, -0.05) is 29.5 Å². The van der Waals surface area contributed by atoms with Gasteiger partial charge in [-0.25, -0.2) is 4.98 Å². The van der Waals surface area contributed by atoms with Crippen LogP contribution in [0, 0.1) is 0 Å². The molecule has 3 rings (SSSR count). The summed E-state index contributed by atoms with van der Waals surface area (Å²) in [7, 11) is 4.02. The van der Waals surface area contributed by atoms with E-state index in [0.717, 1.165) is 10.8 Å². The fourth-order valence-electron chi connectivity index (χ4n) is 1.80. The van der Waals surface area contributed by atoms with Gasteiger partial charge in [0.1, 0.15) is 0 Å². The van der Waals surface area contributed by atoms with Gasteiger partial charge in [-0.15, -0.1) is 0 Å². The third-order valence-electron chi connectivity index (χ3n) is 2.67. The minimum Gasteiger partial charge on any atom is -0.354 e. The fraction of sp³-hybridized carbons (Fsp3) is 0.154. The molecule has 0 amide bonds. The van der Waals surface area contributed by atoms with Crippen LogP contribution in [0.2, 0.25) is 0 Å². The molecule has 0 radical (unpaired) electrons. The first-order valence-electron chi connectivity index (χ1n) is 5.45. The summed E-state index contributed by atoms with van der Waals surface area (Å²) >= 11 is 1.69. The fourth-order valence-corrected chi connectivity index (χ4v) is 2.61. The average Bonchev–Trinajstić information content (AvgIpc) is 2.95. The summed E-state index contributed by atoms with van der Waals surface area (Å²) < 4.78 is 0. The van der Waals surface area contributed by atoms with Gasteiger partial charge >= 0.3 is 0 Å². The van der Waals surface area contributed by atoms with Crippen molar-refractivity contribution >= 4 is 27.4 Å². The van der Waals surface area contributed by atoms with Crippen LogP contribution in [0.1, 0.15) is 0 Å². The maximum atomic E-state index is 4.39. The van der Waals surface area contributed by atoms with E-state index in [1.165, 1.54) is 15.8 Å². The van der Waals surface area contributed by atoms with Crippen LogP contribution in [-0.2, 0) is 0 Å². The van der Waals surface area contributed by atoms with E-state index in [1.54, 1.807) is 11.3 Å². The van der Waals surface area contributed by atoms with Crippen molar-refractivity contribution in [2.75, 3.05) is 19.0 Å². The van der Waals surface area contributed by atoms with E-state index in [1.807, 2.05) is 31.3 Å². The standard InChI is InChI=1S/C13H13N3S/c1-16(2)13-14-8-12(17-13)11-7-9-5-3-4-6-10(9)15-11/h3-8,15H,1-2H3. The molecule has 0 aliphatic rings. The number of H-pyrrole nitrogens is 1. The van der Waals surface area contributed by atoms with Gasteiger partial charge in [0.15, 0.2) is 5.13 Å². The molecule has 1 N–H and O–H groups in total. The van der Waals surface area contributed by atoms with Crippen LogP contribution < -0.4 is 4.90 Å². The zero-order chi connectivity index (χ0) is 11.8. The molecule has 0 unspecified atom stereocenters. The smallest absolute Gasteiger partial charge is 0.185 e. The van der Waals surface area contributed by atoms with Gasteiger partial charge in [-0.2, -0.15) is 0 Å². The molecule has 0 atom stereocenters. The minimum absolute atomic E-state index is 1.03. The lowest BCUT2D eigenvalue weighted by molar-refractivity contribution is 1.10. The van der Waals surface area contributed by atoms with Crippen molar-refractivity contribution in [3.63, 3.8) is 0 Å². The summed E-state index contributed by atoms with van der Waals surface area (Å²) in [6.07, 6.45) is 1.92. The summed E-state index contributed by atoms with van der Waals surface area (Å²) in [6, 6.07) is 10.5. The predicted molar refractivity (Wildman–Crippen MR) is 73.7 cm³/mol. The third kappa shape index (κ3) is 1.80. The minimum atomic E-state index is 1.03. The molecule has 4 heteroatoms. The monoisotopic (exact) mass is 243 g/mol. The number of aromatic nitrogens is 2. The van der Waals surface area contributed by atoms with Gasteiger partial charge in [-0.05, 0) is 12.1 Å². The van der Waals surface area contributed by atoms with Gasteiger partial charge < -0.3 is 9.88 Å². The normalized spacial score (nSPS) is 10.9. The molecule has 2 aromatic heterocycles. The van der Waals surface area contributed by atoms with Crippen LogP contribution >= 0.6 is 11.3 Å². The molecule has 17 heavy (non-hydrogen) atoms. The molecule has 0 bridgehead atoms. The van der Waals surface area contributed by atoms with Gasteiger partial charge in [-0.3, -0.25) is 0 Å². The Labute approximate surface area is 104 Å². The van der Waals surface area contributed by atoms with Crippen LogP contribution in [0.15, 0.2) is 36.5 Å². The number of benzene rings is 1. The molecular formula is C13H13N3S. The topological polar surface area (TPSA) is 31.9 Å². The highest BCUT2D eigenvalue weighted by Crippen LogP contribution is 2.31. The molecule has 0 saturated heterocycles. The Morgan fingerprint density at radius 2 is 2.06 bits per heavy atom. The van der Waals surface area contributed by atoms with Crippen LogP contribution in [0.25, 0.3) is 21.5 Å². The SMILES string of the molecule is CN(C)c1ncc(-c2cc3ccccc3[nH]2)s1. The van der Waals surface area contributed by atoms with E-state index in [0.29, 0.717) is 0 Å². The first-order valence-corrected chi connectivity index (χ1v) is 6.27. The molecule has 0 saturated carbocycles. The Balaban J connectivity index is 2.07. The number of nitrogens with one attached hydrogen (secondary N) is 1. The summed E-state index contributed by atoms with van der Waals surface area (Å²) in [5, 5.41) is 2.26. The third-order valence-corrected chi connectivity index (χ3v) is 3.87. The number of nitrogens with zero attached hydrogens (tertiary/aromatic N) is 2. The van der Waals surface area contributed by atoms with Crippen LogP contribution in [0.3, 0.4) is 0 Å². The summed E-state index contributed by atoms with van der Waals surface area (Å²) in [5.74, 6) is 0. The number of thiazole rings is 1.